The molecule has 0 aromatic carbocycles. The van der Waals surface area contributed by atoms with E-state index in [0.717, 1.165) is 6.42 Å². The van der Waals surface area contributed by atoms with Gasteiger partial charge in [0.25, 0.3) is 0 Å². The Kier molecular flexibility index (Phi) is 2.96. The molecule has 0 aliphatic heterocycles. The van der Waals surface area contributed by atoms with Gasteiger partial charge in [-0.25, -0.2) is 4.79 Å². The second-order valence-electron chi connectivity index (χ2n) is 3.85. The molecule has 0 bridgehead atoms. The molecule has 0 spiro atoms. The summed E-state index contributed by atoms with van der Waals surface area (Å²) in [5, 5.41) is 9.65. The van der Waals surface area contributed by atoms with Crippen LogP contribution in [0.3, 0.4) is 0 Å². The van der Waals surface area contributed by atoms with Crippen LogP contribution in [0.2, 0.25) is 0 Å². The van der Waals surface area contributed by atoms with Crippen molar-refractivity contribution in [3.63, 3.8) is 0 Å². The Morgan fingerprint density at radius 3 is 3.12 bits per heavy atom. The molecule has 1 unspecified atom stereocenters. The Labute approximate surface area is 92.6 Å². The highest BCUT2D eigenvalue weighted by atomic mass is 19.2. The summed E-state index contributed by atoms with van der Waals surface area (Å²) in [5.41, 5.74) is 0.770. The highest BCUT2D eigenvalue weighted by molar-refractivity contribution is 5.88. The number of aliphatic hydroxyl groups excluding tert-OH is 1. The van der Waals surface area contributed by atoms with Gasteiger partial charge in [-0.3, -0.25) is 0 Å². The Morgan fingerprint density at radius 2 is 2.50 bits per heavy atom. The molecule has 1 aliphatic rings. The molecule has 0 saturated heterocycles. The maximum atomic E-state index is 13.8. The Morgan fingerprint density at radius 1 is 1.75 bits per heavy atom. The maximum absolute atomic E-state index is 13.8. The summed E-state index contributed by atoms with van der Waals surface area (Å²) >= 11 is 0. The van der Waals surface area contributed by atoms with Crippen LogP contribution in [-0.4, -0.2) is 22.5 Å². The van der Waals surface area contributed by atoms with Crippen molar-refractivity contribution >= 4 is 5.97 Å². The summed E-state index contributed by atoms with van der Waals surface area (Å²) in [4.78, 5) is 11.7. The van der Waals surface area contributed by atoms with Crippen molar-refractivity contribution in [3.05, 3.63) is 23.0 Å². The molecule has 1 atom stereocenters. The summed E-state index contributed by atoms with van der Waals surface area (Å²) in [7, 11) is 0. The van der Waals surface area contributed by atoms with E-state index in [-0.39, 0.29) is 22.8 Å². The number of aryl methyl sites for hydroxylation is 1. The van der Waals surface area contributed by atoms with Crippen molar-refractivity contribution in [2.45, 2.75) is 32.3 Å². The molecule has 16 heavy (non-hydrogen) atoms. The first kappa shape index (κ1) is 11.1. The van der Waals surface area contributed by atoms with Crippen LogP contribution in [0.5, 0.6) is 0 Å². The van der Waals surface area contributed by atoms with Crippen LogP contribution in [0.1, 0.15) is 47.6 Å². The molecule has 0 fully saturated rings. The van der Waals surface area contributed by atoms with E-state index in [2.05, 4.69) is 0 Å². The lowest BCUT2D eigenvalue weighted by atomic mass is 9.96. The van der Waals surface area contributed by atoms with Crippen LogP contribution in [0, 0.1) is 0 Å². The van der Waals surface area contributed by atoms with Crippen LogP contribution < -0.4 is 0 Å². The normalized spacial score (nSPS) is 19.3. The van der Waals surface area contributed by atoms with E-state index >= 15 is 0 Å². The van der Waals surface area contributed by atoms with E-state index < -0.39 is 12.1 Å². The second kappa shape index (κ2) is 4.25. The predicted octanol–water partition coefficient (Wildman–Crippen LogP) is 1.77. The SMILES string of the molecule is CCOC(=O)c1cc2c(n1F)C(O)CCC2. The number of aromatic nitrogens is 1. The van der Waals surface area contributed by atoms with Crippen molar-refractivity contribution < 1.29 is 19.1 Å². The second-order valence-corrected chi connectivity index (χ2v) is 3.85. The molecule has 1 heterocycles. The minimum Gasteiger partial charge on any atom is -0.461 e. The van der Waals surface area contributed by atoms with Crippen molar-refractivity contribution in [3.8, 4) is 0 Å². The van der Waals surface area contributed by atoms with E-state index in [9.17, 15) is 14.4 Å². The molecule has 1 aromatic heterocycles. The van der Waals surface area contributed by atoms with Gasteiger partial charge < -0.3 is 9.84 Å². The number of nitrogens with zero attached hydrogens (tertiary/aromatic N) is 1. The number of hydrogen-bond acceptors (Lipinski definition) is 3. The predicted molar refractivity (Wildman–Crippen MR) is 54.8 cm³/mol. The first-order valence-corrected chi connectivity index (χ1v) is 5.41. The topological polar surface area (TPSA) is 51.5 Å². The van der Waals surface area contributed by atoms with Gasteiger partial charge in [-0.05, 0) is 37.8 Å². The van der Waals surface area contributed by atoms with Gasteiger partial charge in [0.05, 0.1) is 18.4 Å². The van der Waals surface area contributed by atoms with Gasteiger partial charge >= 0.3 is 5.97 Å². The lowest BCUT2D eigenvalue weighted by molar-refractivity contribution is 0.0496. The van der Waals surface area contributed by atoms with E-state index in [4.69, 9.17) is 4.74 Å². The van der Waals surface area contributed by atoms with Crippen LogP contribution in [0.25, 0.3) is 0 Å². The molecule has 0 amide bonds. The lowest BCUT2D eigenvalue weighted by Crippen LogP contribution is -2.13. The molecule has 4 nitrogen and oxygen atoms in total. The molecule has 1 aromatic rings. The van der Waals surface area contributed by atoms with Gasteiger partial charge in [0.1, 0.15) is 0 Å². The lowest BCUT2D eigenvalue weighted by Gasteiger charge is -2.17. The molecule has 0 radical (unpaired) electrons. The minimum atomic E-state index is -0.822. The molecule has 1 N–H and O–H groups in total. The van der Waals surface area contributed by atoms with Crippen molar-refractivity contribution in [2.24, 2.45) is 0 Å². The van der Waals surface area contributed by atoms with Crippen LogP contribution >= 0.6 is 0 Å². The van der Waals surface area contributed by atoms with Crippen molar-refractivity contribution in [1.29, 1.82) is 0 Å². The quantitative estimate of drug-likeness (QED) is 0.783. The van der Waals surface area contributed by atoms with Gasteiger partial charge in [0, 0.05) is 0 Å². The van der Waals surface area contributed by atoms with Crippen LogP contribution in [0.15, 0.2) is 6.07 Å². The summed E-state index contributed by atoms with van der Waals surface area (Å²) < 4.78 is 18.5. The number of hydrogen-bond donors (Lipinski definition) is 1. The third-order valence-corrected chi connectivity index (χ3v) is 2.79. The molecule has 5 heteroatoms. The van der Waals surface area contributed by atoms with Crippen molar-refractivity contribution in [2.75, 3.05) is 6.61 Å². The molecule has 1 aliphatic carbocycles. The Hall–Kier alpha value is -1.36. The van der Waals surface area contributed by atoms with Gasteiger partial charge in [0.15, 0.2) is 5.69 Å². The first-order valence-electron chi connectivity index (χ1n) is 5.41. The average Bonchev–Trinajstić information content (AvgIpc) is 2.58. The molecule has 0 saturated carbocycles. The monoisotopic (exact) mass is 227 g/mol. The molecule has 88 valence electrons. The fourth-order valence-electron chi connectivity index (χ4n) is 2.06. The number of carbonyl (C=O) groups excluding carboxylic acids is 1. The van der Waals surface area contributed by atoms with E-state index in [1.54, 1.807) is 6.92 Å². The van der Waals surface area contributed by atoms with E-state index in [1.165, 1.54) is 6.07 Å². The number of esters is 1. The molecular formula is C11H14FNO3. The fraction of sp³-hybridized carbons (Fsp3) is 0.545. The number of fused-ring (bicyclic) bond motifs is 1. The van der Waals surface area contributed by atoms with E-state index in [0.29, 0.717) is 18.4 Å². The van der Waals surface area contributed by atoms with Crippen LogP contribution in [0.4, 0.5) is 4.48 Å². The number of carbonyl (C=O) groups is 1. The fourth-order valence-corrected chi connectivity index (χ4v) is 2.06. The molecule has 2 rings (SSSR count). The van der Waals surface area contributed by atoms with Gasteiger partial charge in [-0.2, -0.15) is 4.79 Å². The summed E-state index contributed by atoms with van der Waals surface area (Å²) in [5.74, 6) is -0.688. The Balaban J connectivity index is 2.38. The zero-order chi connectivity index (χ0) is 11.7. The summed E-state index contributed by atoms with van der Waals surface area (Å²) in [6.45, 7) is 1.87. The summed E-state index contributed by atoms with van der Waals surface area (Å²) in [6, 6.07) is 1.47. The smallest absolute Gasteiger partial charge is 0.357 e. The first-order chi connectivity index (χ1) is 7.65. The highest BCUT2D eigenvalue weighted by Crippen LogP contribution is 2.32. The zero-order valence-electron chi connectivity index (χ0n) is 9.07. The van der Waals surface area contributed by atoms with Crippen LogP contribution in [-0.2, 0) is 11.2 Å². The largest absolute Gasteiger partial charge is 0.461 e. The Bertz CT molecular complexity index is 414. The minimum absolute atomic E-state index is 0.132. The maximum Gasteiger partial charge on any atom is 0.357 e. The van der Waals surface area contributed by atoms with Gasteiger partial charge in [-0.15, -0.1) is 0 Å². The van der Waals surface area contributed by atoms with Gasteiger partial charge in [-0.1, -0.05) is 4.48 Å². The average molecular weight is 227 g/mol. The summed E-state index contributed by atoms with van der Waals surface area (Å²) in [6.07, 6.45) is 1.20. The number of aliphatic hydroxyl groups is 1. The standard InChI is InChI=1S/C11H14FNO3/c1-2-16-11(15)8-6-7-4-3-5-9(14)10(7)13(8)12/h6,9,14H,2-5H2,1H3. The number of ether oxygens (including phenoxy) is 1. The molecular weight excluding hydrogens is 213 g/mol. The third-order valence-electron chi connectivity index (χ3n) is 2.79. The highest BCUT2D eigenvalue weighted by Gasteiger charge is 2.28. The number of halogens is 1. The van der Waals surface area contributed by atoms with E-state index in [1.807, 2.05) is 0 Å². The van der Waals surface area contributed by atoms with Crippen molar-refractivity contribution in [1.82, 2.24) is 4.79 Å². The van der Waals surface area contributed by atoms with Gasteiger partial charge in [0.2, 0.25) is 0 Å². The number of rotatable bonds is 2. The zero-order valence-corrected chi connectivity index (χ0v) is 9.07. The third kappa shape index (κ3) is 1.71.